The zero-order valence-corrected chi connectivity index (χ0v) is 14.4. The normalized spacial score (nSPS) is 15.0. The summed E-state index contributed by atoms with van der Waals surface area (Å²) in [5.74, 6) is 0.937. The minimum atomic E-state index is 0.556. The van der Waals surface area contributed by atoms with Crippen LogP contribution in [-0.2, 0) is 0 Å². The van der Waals surface area contributed by atoms with Crippen molar-refractivity contribution in [1.82, 2.24) is 19.9 Å². The Morgan fingerprint density at radius 3 is 2.88 bits per heavy atom. The first-order valence-corrected chi connectivity index (χ1v) is 8.67. The van der Waals surface area contributed by atoms with Crippen molar-refractivity contribution in [2.45, 2.75) is 0 Å². The number of aromatic nitrogens is 3. The largest absolute Gasteiger partial charge is 0.334 e. The molecule has 0 saturated heterocycles. The maximum Gasteiger partial charge on any atom is 0.334 e. The Labute approximate surface area is 151 Å². The number of hydrogen-bond acceptors (Lipinski definition) is 6. The number of nitrogens with zero attached hydrogens (tertiary/aromatic N) is 6. The van der Waals surface area contributed by atoms with Crippen LogP contribution in [0.1, 0.15) is 0 Å². The molecule has 0 saturated carbocycles. The van der Waals surface area contributed by atoms with Crippen LogP contribution in [-0.4, -0.2) is 63.4 Å². The summed E-state index contributed by atoms with van der Waals surface area (Å²) in [7, 11) is 0. The lowest BCUT2D eigenvalue weighted by Gasteiger charge is -2.23. The van der Waals surface area contributed by atoms with Crippen LogP contribution < -0.4 is 0 Å². The van der Waals surface area contributed by atoms with Crippen molar-refractivity contribution in [1.29, 1.82) is 5.53 Å². The number of rotatable bonds is 5. The summed E-state index contributed by atoms with van der Waals surface area (Å²) >= 11 is 0. The molecule has 1 aliphatic rings. The SMILES string of the molecule is N=NCCN1CC=[N+](c2ncnc3cc(-c4ccccn4)ccc23)CC1. The molecule has 3 aromatic rings. The first kappa shape index (κ1) is 16.4. The van der Waals surface area contributed by atoms with Crippen LogP contribution in [0.5, 0.6) is 0 Å². The van der Waals surface area contributed by atoms with Crippen LogP contribution in [0.2, 0.25) is 0 Å². The summed E-state index contributed by atoms with van der Waals surface area (Å²) in [6.07, 6.45) is 5.58. The molecule has 130 valence electrons. The molecule has 0 bridgehead atoms. The summed E-state index contributed by atoms with van der Waals surface area (Å²) in [5.41, 5.74) is 9.83. The predicted octanol–water partition coefficient (Wildman–Crippen LogP) is 2.75. The Bertz CT molecular complexity index is 953. The van der Waals surface area contributed by atoms with Crippen molar-refractivity contribution in [2.75, 3.05) is 32.7 Å². The lowest BCUT2D eigenvalue weighted by molar-refractivity contribution is -0.445. The molecule has 1 aliphatic heterocycles. The van der Waals surface area contributed by atoms with Gasteiger partial charge in [0, 0.05) is 24.8 Å². The van der Waals surface area contributed by atoms with Gasteiger partial charge in [-0.05, 0) is 29.2 Å². The van der Waals surface area contributed by atoms with Crippen molar-refractivity contribution in [3.05, 3.63) is 48.9 Å². The molecular weight excluding hydrogens is 326 g/mol. The second-order valence-corrected chi connectivity index (χ2v) is 6.20. The van der Waals surface area contributed by atoms with Crippen LogP contribution >= 0.6 is 0 Å². The van der Waals surface area contributed by atoms with E-state index in [1.54, 1.807) is 12.5 Å². The number of pyridine rings is 1. The quantitative estimate of drug-likeness (QED) is 0.569. The molecule has 2 aromatic heterocycles. The maximum atomic E-state index is 6.92. The Hall–Kier alpha value is -3.06. The van der Waals surface area contributed by atoms with Crippen LogP contribution in [0, 0.1) is 5.53 Å². The van der Waals surface area contributed by atoms with Gasteiger partial charge in [0.05, 0.1) is 35.9 Å². The number of hydrogen-bond donors (Lipinski definition) is 1. The van der Waals surface area contributed by atoms with Crippen molar-refractivity contribution in [2.24, 2.45) is 5.11 Å². The zero-order valence-electron chi connectivity index (χ0n) is 14.4. The first-order chi connectivity index (χ1) is 12.8. The van der Waals surface area contributed by atoms with Gasteiger partial charge in [0.25, 0.3) is 0 Å². The Morgan fingerprint density at radius 2 is 2.12 bits per heavy atom. The minimum Gasteiger partial charge on any atom is -0.290 e. The van der Waals surface area contributed by atoms with Gasteiger partial charge < -0.3 is 0 Å². The van der Waals surface area contributed by atoms with Gasteiger partial charge in [-0.2, -0.15) is 5.11 Å². The highest BCUT2D eigenvalue weighted by Gasteiger charge is 2.21. The molecule has 3 heterocycles. The molecule has 1 N–H and O–H groups in total. The zero-order chi connectivity index (χ0) is 17.8. The predicted molar refractivity (Wildman–Crippen MR) is 100 cm³/mol. The molecule has 0 radical (unpaired) electrons. The van der Waals surface area contributed by atoms with Crippen LogP contribution in [0.15, 0.2) is 54.0 Å². The van der Waals surface area contributed by atoms with Crippen molar-refractivity contribution in [3.8, 4) is 11.3 Å². The van der Waals surface area contributed by atoms with E-state index in [1.165, 1.54) is 0 Å². The van der Waals surface area contributed by atoms with Gasteiger partial charge in [-0.25, -0.2) is 15.1 Å². The molecule has 0 aliphatic carbocycles. The third-order valence-corrected chi connectivity index (χ3v) is 4.59. The molecule has 4 rings (SSSR count). The number of benzene rings is 1. The van der Waals surface area contributed by atoms with E-state index in [9.17, 15) is 0 Å². The highest BCUT2D eigenvalue weighted by atomic mass is 15.2. The Morgan fingerprint density at radius 1 is 1.15 bits per heavy atom. The fraction of sp³-hybridized carbons (Fsp3) is 0.263. The van der Waals surface area contributed by atoms with Crippen LogP contribution in [0.3, 0.4) is 0 Å². The summed E-state index contributed by atoms with van der Waals surface area (Å²) in [6, 6.07) is 12.1. The Kier molecular flexibility index (Phi) is 4.70. The first-order valence-electron chi connectivity index (χ1n) is 8.67. The monoisotopic (exact) mass is 346 g/mol. The standard InChI is InChI=1S/C19H20N7/c20-24-7-8-25-9-11-26(12-10-25)19-16-5-4-15(13-18(16)22-14-23-19)17-3-1-2-6-21-17/h1-6,11,13-14,20H,7-10,12H2/q+1. The molecule has 7 heteroatoms. The van der Waals surface area contributed by atoms with Gasteiger partial charge in [-0.15, -0.1) is 0 Å². The van der Waals surface area contributed by atoms with Crippen molar-refractivity contribution >= 4 is 22.9 Å². The minimum absolute atomic E-state index is 0.556. The summed E-state index contributed by atoms with van der Waals surface area (Å²) in [4.78, 5) is 15.7. The Balaban J connectivity index is 1.65. The number of nitrogens with one attached hydrogen (secondary N) is 1. The van der Waals surface area contributed by atoms with Gasteiger partial charge >= 0.3 is 5.82 Å². The second kappa shape index (κ2) is 7.45. The molecule has 0 fully saturated rings. The van der Waals surface area contributed by atoms with E-state index in [4.69, 9.17) is 5.53 Å². The lowest BCUT2D eigenvalue weighted by Crippen LogP contribution is -2.39. The molecule has 0 atom stereocenters. The van der Waals surface area contributed by atoms with Crippen molar-refractivity contribution in [3.63, 3.8) is 0 Å². The molecular formula is C19H20N7+. The van der Waals surface area contributed by atoms with Crippen LogP contribution in [0.25, 0.3) is 22.2 Å². The second-order valence-electron chi connectivity index (χ2n) is 6.20. The average Bonchev–Trinajstić information content (AvgIpc) is 2.72. The van der Waals surface area contributed by atoms with Gasteiger partial charge in [-0.3, -0.25) is 9.88 Å². The van der Waals surface area contributed by atoms with E-state index in [-0.39, 0.29) is 0 Å². The van der Waals surface area contributed by atoms with E-state index in [1.807, 2.05) is 18.2 Å². The van der Waals surface area contributed by atoms with Crippen molar-refractivity contribution < 1.29 is 4.58 Å². The van der Waals surface area contributed by atoms with E-state index in [0.717, 1.165) is 54.2 Å². The molecule has 0 amide bonds. The van der Waals surface area contributed by atoms with Gasteiger partial charge in [0.2, 0.25) is 6.33 Å². The molecule has 0 unspecified atom stereocenters. The van der Waals surface area contributed by atoms with Gasteiger partial charge in [-0.1, -0.05) is 12.1 Å². The summed E-state index contributed by atoms with van der Waals surface area (Å²) < 4.78 is 2.19. The smallest absolute Gasteiger partial charge is 0.290 e. The average molecular weight is 346 g/mol. The molecule has 1 aromatic carbocycles. The van der Waals surface area contributed by atoms with E-state index in [0.29, 0.717) is 6.54 Å². The van der Waals surface area contributed by atoms with Gasteiger partial charge in [0.15, 0.2) is 0 Å². The lowest BCUT2D eigenvalue weighted by atomic mass is 10.1. The highest BCUT2D eigenvalue weighted by molar-refractivity contribution is 5.89. The van der Waals surface area contributed by atoms with Crippen LogP contribution in [0.4, 0.5) is 5.82 Å². The molecule has 0 spiro atoms. The summed E-state index contributed by atoms with van der Waals surface area (Å²) in [6.45, 7) is 4.02. The summed E-state index contributed by atoms with van der Waals surface area (Å²) in [5, 5.41) is 4.48. The van der Waals surface area contributed by atoms with E-state index < -0.39 is 0 Å². The fourth-order valence-corrected chi connectivity index (χ4v) is 3.20. The maximum absolute atomic E-state index is 6.92. The topological polar surface area (TPSA) is 81.1 Å². The molecule has 26 heavy (non-hydrogen) atoms. The van der Waals surface area contributed by atoms with E-state index in [2.05, 4.69) is 54.0 Å². The highest BCUT2D eigenvalue weighted by Crippen LogP contribution is 2.26. The van der Waals surface area contributed by atoms with Gasteiger partial charge in [0.1, 0.15) is 6.54 Å². The molecule has 7 nitrogen and oxygen atoms in total. The van der Waals surface area contributed by atoms with E-state index >= 15 is 0 Å². The third-order valence-electron chi connectivity index (χ3n) is 4.59. The number of fused-ring (bicyclic) bond motifs is 1. The fourth-order valence-electron chi connectivity index (χ4n) is 3.20. The third kappa shape index (κ3) is 3.34.